The van der Waals surface area contributed by atoms with Gasteiger partial charge >= 0.3 is 12.1 Å². The van der Waals surface area contributed by atoms with Crippen LogP contribution in [0.2, 0.25) is 0 Å². The standard InChI is InChI=1S/C15H27NO5/c1-5-19-13(17)10-20-12-8-6-11(7-9-12)16-14(18)21-15(2,3)4/h11-12H,5-10H2,1-4H3,(H,16,18). The van der Waals surface area contributed by atoms with E-state index in [0.717, 1.165) is 25.7 Å². The fraction of sp³-hybridized carbons (Fsp3) is 0.867. The highest BCUT2D eigenvalue weighted by atomic mass is 16.6. The van der Waals surface area contributed by atoms with Crippen molar-refractivity contribution in [2.45, 2.75) is 71.1 Å². The van der Waals surface area contributed by atoms with E-state index < -0.39 is 5.60 Å². The molecule has 0 saturated heterocycles. The Labute approximate surface area is 126 Å². The van der Waals surface area contributed by atoms with Gasteiger partial charge in [-0.3, -0.25) is 0 Å². The van der Waals surface area contributed by atoms with Crippen molar-refractivity contribution in [3.63, 3.8) is 0 Å². The van der Waals surface area contributed by atoms with Crippen molar-refractivity contribution in [1.29, 1.82) is 0 Å². The molecule has 0 radical (unpaired) electrons. The average Bonchev–Trinajstić information content (AvgIpc) is 2.36. The summed E-state index contributed by atoms with van der Waals surface area (Å²) in [6, 6.07) is 0.113. The van der Waals surface area contributed by atoms with Crippen LogP contribution in [-0.4, -0.2) is 43.0 Å². The molecular weight excluding hydrogens is 274 g/mol. The number of carbonyl (C=O) groups excluding carboxylic acids is 2. The summed E-state index contributed by atoms with van der Waals surface area (Å²) < 4.78 is 15.6. The molecule has 0 aliphatic heterocycles. The molecule has 1 rings (SSSR count). The molecule has 1 saturated carbocycles. The first-order valence-electron chi connectivity index (χ1n) is 7.57. The number of rotatable bonds is 5. The number of alkyl carbamates (subject to hydrolysis) is 1. The Morgan fingerprint density at radius 1 is 1.14 bits per heavy atom. The maximum atomic E-state index is 11.7. The Balaban J connectivity index is 2.20. The molecule has 0 aromatic rings. The zero-order valence-electron chi connectivity index (χ0n) is 13.4. The largest absolute Gasteiger partial charge is 0.464 e. The first-order chi connectivity index (χ1) is 9.80. The summed E-state index contributed by atoms with van der Waals surface area (Å²) in [7, 11) is 0. The monoisotopic (exact) mass is 301 g/mol. The average molecular weight is 301 g/mol. The smallest absolute Gasteiger partial charge is 0.407 e. The zero-order valence-corrected chi connectivity index (χ0v) is 13.4. The minimum absolute atomic E-state index is 0.00265. The van der Waals surface area contributed by atoms with Gasteiger partial charge in [-0.15, -0.1) is 0 Å². The number of hydrogen-bond donors (Lipinski definition) is 1. The summed E-state index contributed by atoms with van der Waals surface area (Å²) in [5.74, 6) is -0.327. The third-order valence-electron chi connectivity index (χ3n) is 3.14. The predicted octanol–water partition coefficient (Wildman–Crippen LogP) is 2.40. The molecule has 1 N–H and O–H groups in total. The van der Waals surface area contributed by atoms with Crippen molar-refractivity contribution in [3.8, 4) is 0 Å². The number of hydrogen-bond acceptors (Lipinski definition) is 5. The second kappa shape index (κ2) is 8.22. The first kappa shape index (κ1) is 17.8. The van der Waals surface area contributed by atoms with Gasteiger partial charge in [-0.25, -0.2) is 9.59 Å². The van der Waals surface area contributed by atoms with Gasteiger partial charge in [0.15, 0.2) is 0 Å². The second-order valence-corrected chi connectivity index (χ2v) is 6.24. The van der Waals surface area contributed by atoms with E-state index in [1.807, 2.05) is 20.8 Å². The molecular formula is C15H27NO5. The summed E-state index contributed by atoms with van der Waals surface area (Å²) >= 11 is 0. The molecule has 0 heterocycles. The number of esters is 1. The third kappa shape index (κ3) is 7.90. The van der Waals surface area contributed by atoms with Crippen LogP contribution in [0, 0.1) is 0 Å². The van der Waals surface area contributed by atoms with Gasteiger partial charge in [0.25, 0.3) is 0 Å². The van der Waals surface area contributed by atoms with E-state index >= 15 is 0 Å². The topological polar surface area (TPSA) is 73.9 Å². The van der Waals surface area contributed by atoms with E-state index in [2.05, 4.69) is 5.32 Å². The van der Waals surface area contributed by atoms with Crippen LogP contribution in [-0.2, 0) is 19.0 Å². The quantitative estimate of drug-likeness (QED) is 0.789. The summed E-state index contributed by atoms with van der Waals surface area (Å²) in [6.45, 7) is 7.66. The Bertz CT molecular complexity index is 342. The van der Waals surface area contributed by atoms with Gasteiger partial charge in [0.1, 0.15) is 12.2 Å². The fourth-order valence-corrected chi connectivity index (χ4v) is 2.24. The van der Waals surface area contributed by atoms with Crippen LogP contribution in [0.5, 0.6) is 0 Å². The number of amides is 1. The van der Waals surface area contributed by atoms with Crippen LogP contribution in [0.3, 0.4) is 0 Å². The molecule has 1 amide bonds. The van der Waals surface area contributed by atoms with Gasteiger partial charge in [-0.1, -0.05) is 0 Å². The molecule has 0 atom stereocenters. The highest BCUT2D eigenvalue weighted by molar-refractivity contribution is 5.70. The lowest BCUT2D eigenvalue weighted by Crippen LogP contribution is -2.42. The number of carbonyl (C=O) groups is 2. The van der Waals surface area contributed by atoms with Gasteiger partial charge in [0, 0.05) is 6.04 Å². The van der Waals surface area contributed by atoms with Crippen LogP contribution in [0.15, 0.2) is 0 Å². The molecule has 6 heteroatoms. The highest BCUT2D eigenvalue weighted by Crippen LogP contribution is 2.21. The Morgan fingerprint density at radius 2 is 1.76 bits per heavy atom. The van der Waals surface area contributed by atoms with Gasteiger partial charge in [-0.2, -0.15) is 0 Å². The first-order valence-corrected chi connectivity index (χ1v) is 7.57. The third-order valence-corrected chi connectivity index (χ3v) is 3.14. The van der Waals surface area contributed by atoms with Crippen molar-refractivity contribution >= 4 is 12.1 Å². The normalized spacial score (nSPS) is 22.5. The van der Waals surface area contributed by atoms with Gasteiger partial charge in [0.2, 0.25) is 0 Å². The summed E-state index contributed by atoms with van der Waals surface area (Å²) in [6.07, 6.45) is 2.98. The maximum Gasteiger partial charge on any atom is 0.407 e. The molecule has 0 bridgehead atoms. The van der Waals surface area contributed by atoms with E-state index in [4.69, 9.17) is 14.2 Å². The summed E-state index contributed by atoms with van der Waals surface area (Å²) in [4.78, 5) is 22.9. The molecule has 1 fully saturated rings. The van der Waals surface area contributed by atoms with E-state index in [0.29, 0.717) is 6.61 Å². The fourth-order valence-electron chi connectivity index (χ4n) is 2.24. The molecule has 0 unspecified atom stereocenters. The van der Waals surface area contributed by atoms with Crippen LogP contribution < -0.4 is 5.32 Å². The van der Waals surface area contributed by atoms with E-state index in [-0.39, 0.29) is 30.8 Å². The molecule has 21 heavy (non-hydrogen) atoms. The Hall–Kier alpha value is -1.30. The Morgan fingerprint density at radius 3 is 2.29 bits per heavy atom. The number of ether oxygens (including phenoxy) is 3. The SMILES string of the molecule is CCOC(=O)COC1CCC(NC(=O)OC(C)(C)C)CC1. The van der Waals surface area contributed by atoms with Crippen molar-refractivity contribution in [2.75, 3.05) is 13.2 Å². The number of nitrogens with one attached hydrogen (secondary N) is 1. The molecule has 0 spiro atoms. The summed E-state index contributed by atoms with van der Waals surface area (Å²) in [5, 5.41) is 2.87. The lowest BCUT2D eigenvalue weighted by Gasteiger charge is -2.29. The van der Waals surface area contributed by atoms with Crippen LogP contribution >= 0.6 is 0 Å². The van der Waals surface area contributed by atoms with Gasteiger partial charge < -0.3 is 19.5 Å². The summed E-state index contributed by atoms with van der Waals surface area (Å²) in [5.41, 5.74) is -0.482. The van der Waals surface area contributed by atoms with E-state index in [9.17, 15) is 9.59 Å². The van der Waals surface area contributed by atoms with E-state index in [1.54, 1.807) is 6.92 Å². The van der Waals surface area contributed by atoms with Gasteiger partial charge in [0.05, 0.1) is 12.7 Å². The van der Waals surface area contributed by atoms with Crippen molar-refractivity contribution in [1.82, 2.24) is 5.32 Å². The van der Waals surface area contributed by atoms with Crippen LogP contribution in [0.1, 0.15) is 53.4 Å². The van der Waals surface area contributed by atoms with Crippen molar-refractivity contribution in [3.05, 3.63) is 0 Å². The molecule has 1 aliphatic carbocycles. The van der Waals surface area contributed by atoms with Crippen LogP contribution in [0.4, 0.5) is 4.79 Å². The molecule has 6 nitrogen and oxygen atoms in total. The second-order valence-electron chi connectivity index (χ2n) is 6.24. The minimum atomic E-state index is -0.482. The lowest BCUT2D eigenvalue weighted by atomic mass is 9.93. The van der Waals surface area contributed by atoms with Crippen LogP contribution in [0.25, 0.3) is 0 Å². The minimum Gasteiger partial charge on any atom is -0.464 e. The van der Waals surface area contributed by atoms with Crippen molar-refractivity contribution in [2.24, 2.45) is 0 Å². The molecule has 122 valence electrons. The van der Waals surface area contributed by atoms with E-state index in [1.165, 1.54) is 0 Å². The lowest BCUT2D eigenvalue weighted by molar-refractivity contribution is -0.151. The molecule has 0 aromatic heterocycles. The zero-order chi connectivity index (χ0) is 15.9. The Kier molecular flexibility index (Phi) is 6.95. The molecule has 0 aromatic carbocycles. The maximum absolute atomic E-state index is 11.7. The highest BCUT2D eigenvalue weighted by Gasteiger charge is 2.25. The van der Waals surface area contributed by atoms with Crippen molar-refractivity contribution < 1.29 is 23.8 Å². The predicted molar refractivity (Wildman–Crippen MR) is 78.0 cm³/mol. The van der Waals surface area contributed by atoms with Gasteiger partial charge in [-0.05, 0) is 53.4 Å². The molecule has 1 aliphatic rings.